The van der Waals surface area contributed by atoms with E-state index in [1.54, 1.807) is 11.3 Å². The summed E-state index contributed by atoms with van der Waals surface area (Å²) >= 11 is 1.75. The van der Waals surface area contributed by atoms with Crippen LogP contribution in [0.5, 0.6) is 23.0 Å². The lowest BCUT2D eigenvalue weighted by Crippen LogP contribution is -2.59. The molecule has 0 N–H and O–H groups in total. The summed E-state index contributed by atoms with van der Waals surface area (Å²) < 4.78 is 30.7. The van der Waals surface area contributed by atoms with Crippen LogP contribution in [-0.2, 0) is 0 Å². The zero-order valence-corrected chi connectivity index (χ0v) is 35.4. The molecule has 0 spiro atoms. The lowest BCUT2D eigenvalue weighted by atomic mass is 9.38. The molecule has 8 aromatic carbocycles. The van der Waals surface area contributed by atoms with Gasteiger partial charge in [-0.05, 0) is 71.8 Å². The fourth-order valence-corrected chi connectivity index (χ4v) is 12.3. The van der Waals surface area contributed by atoms with E-state index >= 15 is 0 Å². The quantitative estimate of drug-likeness (QED) is 0.164. The highest BCUT2D eigenvalue weighted by Gasteiger charge is 2.53. The Hall–Kier alpha value is -8.13. The maximum Gasteiger partial charge on any atom is 0.313 e. The number of thiophene rings is 1. The van der Waals surface area contributed by atoms with Crippen LogP contribution >= 0.6 is 11.3 Å². The summed E-state index contributed by atoms with van der Waals surface area (Å²) in [5, 5.41) is 2.11. The van der Waals surface area contributed by atoms with Crippen LogP contribution in [0, 0.1) is 0 Å². The largest absolute Gasteiger partial charge is 0.468 e. The van der Waals surface area contributed by atoms with Crippen molar-refractivity contribution in [3.8, 4) is 45.3 Å². The van der Waals surface area contributed by atoms with Crippen molar-refractivity contribution in [2.24, 2.45) is 0 Å². The van der Waals surface area contributed by atoms with Gasteiger partial charge in [0.25, 0.3) is 0 Å². The van der Waals surface area contributed by atoms with E-state index in [0.717, 1.165) is 133 Å². The van der Waals surface area contributed by atoms with Crippen molar-refractivity contribution in [2.45, 2.75) is 0 Å². The Balaban J connectivity index is 0.967. The SMILES string of the molecule is c1ccc(-c2ccccc2N2c3cccc4c3B(c3oc5ccccc5c32)c2sc3c(c2O4)Oc2cccc4c2B3c2oc3ccccc3c2N4c2ccccc2-c2ccccc2)cc1. The van der Waals surface area contributed by atoms with Crippen molar-refractivity contribution in [1.29, 1.82) is 0 Å². The second kappa shape index (κ2) is 13.2. The van der Waals surface area contributed by atoms with Crippen molar-refractivity contribution in [2.75, 3.05) is 9.80 Å². The molecule has 0 fully saturated rings. The topological polar surface area (TPSA) is 51.2 Å². The second-order valence-electron chi connectivity index (χ2n) is 17.0. The van der Waals surface area contributed by atoms with Crippen molar-refractivity contribution in [3.63, 3.8) is 0 Å². The Bertz CT molecular complexity index is 3540. The van der Waals surface area contributed by atoms with E-state index < -0.39 is 0 Å². The molecule has 0 saturated heterocycles. The van der Waals surface area contributed by atoms with Gasteiger partial charge in [-0.3, -0.25) is 0 Å². The van der Waals surface area contributed by atoms with Crippen molar-refractivity contribution in [1.82, 2.24) is 0 Å². The van der Waals surface area contributed by atoms with Crippen LogP contribution in [0.1, 0.15) is 0 Å². The van der Waals surface area contributed by atoms with Gasteiger partial charge in [-0.1, -0.05) is 133 Å². The third kappa shape index (κ3) is 4.80. The van der Waals surface area contributed by atoms with Crippen LogP contribution in [-0.4, -0.2) is 13.4 Å². The molecule has 0 amide bonds. The molecule has 4 aliphatic heterocycles. The highest BCUT2D eigenvalue weighted by Crippen LogP contribution is 2.52. The fraction of sp³-hybridized carbons (Fsp3) is 0. The molecule has 9 heteroatoms. The fourth-order valence-electron chi connectivity index (χ4n) is 11.0. The van der Waals surface area contributed by atoms with Crippen LogP contribution in [0.15, 0.2) is 203 Å². The molecule has 0 saturated carbocycles. The van der Waals surface area contributed by atoms with E-state index in [-0.39, 0.29) is 13.4 Å². The molecule has 7 heterocycles. The Kier molecular flexibility index (Phi) is 7.18. The Morgan fingerprint density at radius 3 is 1.25 bits per heavy atom. The van der Waals surface area contributed by atoms with E-state index in [1.165, 1.54) is 0 Å². The van der Waals surface area contributed by atoms with Crippen LogP contribution in [0.4, 0.5) is 34.1 Å². The van der Waals surface area contributed by atoms with Crippen LogP contribution in [0.2, 0.25) is 0 Å². The molecule has 0 unspecified atom stereocenters. The zero-order valence-electron chi connectivity index (χ0n) is 34.6. The van der Waals surface area contributed by atoms with Crippen molar-refractivity contribution in [3.05, 3.63) is 194 Å². The molecule has 0 atom stereocenters. The van der Waals surface area contributed by atoms with Gasteiger partial charge < -0.3 is 28.1 Å². The minimum Gasteiger partial charge on any atom is -0.468 e. The summed E-state index contributed by atoms with van der Waals surface area (Å²) in [5.41, 5.74) is 16.5. The Labute approximate surface area is 378 Å². The number of fused-ring (bicyclic) bond motifs is 13. The average molecular weight is 851 g/mol. The van der Waals surface area contributed by atoms with Gasteiger partial charge in [-0.15, -0.1) is 0 Å². The van der Waals surface area contributed by atoms with Gasteiger partial charge in [0.1, 0.15) is 34.0 Å². The van der Waals surface area contributed by atoms with Gasteiger partial charge >= 0.3 is 13.4 Å². The van der Waals surface area contributed by atoms with Crippen LogP contribution in [0.25, 0.3) is 44.2 Å². The van der Waals surface area contributed by atoms with Crippen LogP contribution in [0.3, 0.4) is 0 Å². The van der Waals surface area contributed by atoms with Gasteiger partial charge in [-0.2, -0.15) is 11.3 Å². The number of benzene rings is 8. The standard InChI is InChI=1S/C56H32B2N2O4S/c1-3-17-33(18-4-1)35-21-7-11-25-39(35)59-41-27-15-31-45-47(41)57(53-49(59)37-23-9-13-29-43(37)63-53)55-51(61-45)52-56(65-55)58-48-42(28-16-32-46(48)62-52)60(50-38-24-10-14-30-44(38)64-54(50)58)40-26-12-8-22-36(40)34-19-5-2-6-20-34/h1-32H. The molecule has 15 rings (SSSR count). The first kappa shape index (κ1) is 35.3. The number of ether oxygens (including phenoxy) is 2. The molecule has 65 heavy (non-hydrogen) atoms. The van der Waals surface area contributed by atoms with Crippen LogP contribution < -0.4 is 51.1 Å². The lowest BCUT2D eigenvalue weighted by Gasteiger charge is -2.38. The van der Waals surface area contributed by atoms with Gasteiger partial charge in [0.05, 0.1) is 22.7 Å². The average Bonchev–Trinajstić information content (AvgIpc) is 4.06. The number of nitrogens with zero attached hydrogens (tertiary/aromatic N) is 2. The van der Waals surface area contributed by atoms with E-state index in [4.69, 9.17) is 18.3 Å². The molecule has 302 valence electrons. The predicted molar refractivity (Wildman–Crippen MR) is 266 cm³/mol. The number of rotatable bonds is 4. The summed E-state index contributed by atoms with van der Waals surface area (Å²) in [6.07, 6.45) is 0. The number of furan rings is 2. The second-order valence-corrected chi connectivity index (χ2v) is 18.1. The summed E-state index contributed by atoms with van der Waals surface area (Å²) in [6, 6.07) is 68.2. The van der Waals surface area contributed by atoms with Gasteiger partial charge in [0, 0.05) is 53.8 Å². The van der Waals surface area contributed by atoms with Crippen molar-refractivity contribution < 1.29 is 18.3 Å². The number of hydrogen-bond acceptors (Lipinski definition) is 7. The predicted octanol–water partition coefficient (Wildman–Crippen LogP) is 11.4. The summed E-state index contributed by atoms with van der Waals surface area (Å²) in [6.45, 7) is -0.524. The molecule has 4 aliphatic rings. The molecule has 11 aromatic rings. The summed E-state index contributed by atoms with van der Waals surface area (Å²) in [7, 11) is 0. The number of anilines is 6. The molecular formula is C56H32B2N2O4S. The maximum absolute atomic E-state index is 7.19. The zero-order chi connectivity index (χ0) is 42.3. The smallest absolute Gasteiger partial charge is 0.313 e. The minimum absolute atomic E-state index is 0.262. The van der Waals surface area contributed by atoms with Crippen molar-refractivity contribution >= 4 is 113 Å². The number of para-hydroxylation sites is 4. The lowest BCUT2D eigenvalue weighted by molar-refractivity contribution is 0.427. The third-order valence-corrected chi connectivity index (χ3v) is 14.9. The Morgan fingerprint density at radius 1 is 0.369 bits per heavy atom. The first-order valence-electron chi connectivity index (χ1n) is 22.0. The monoisotopic (exact) mass is 850 g/mol. The first-order valence-corrected chi connectivity index (χ1v) is 22.8. The first-order chi connectivity index (χ1) is 32.3. The van der Waals surface area contributed by atoms with E-state index in [9.17, 15) is 0 Å². The normalized spacial score (nSPS) is 13.7. The third-order valence-electron chi connectivity index (χ3n) is 13.6. The molecule has 0 aliphatic carbocycles. The Morgan fingerprint density at radius 2 is 0.769 bits per heavy atom. The van der Waals surface area contributed by atoms with Gasteiger partial charge in [-0.25, -0.2) is 0 Å². The van der Waals surface area contributed by atoms with E-state index in [2.05, 4.69) is 204 Å². The summed E-state index contributed by atoms with van der Waals surface area (Å²) in [5.74, 6) is 3.03. The minimum atomic E-state index is -0.262. The van der Waals surface area contributed by atoms with Gasteiger partial charge in [0.15, 0.2) is 11.5 Å². The molecular weight excluding hydrogens is 818 g/mol. The molecule has 0 bridgehead atoms. The highest BCUT2D eigenvalue weighted by atomic mass is 32.1. The van der Waals surface area contributed by atoms with Gasteiger partial charge in [0.2, 0.25) is 0 Å². The molecule has 6 nitrogen and oxygen atoms in total. The molecule has 3 aromatic heterocycles. The van der Waals surface area contributed by atoms with E-state index in [0.29, 0.717) is 0 Å². The van der Waals surface area contributed by atoms with E-state index in [1.807, 2.05) is 0 Å². The molecule has 0 radical (unpaired) electrons. The summed E-state index contributed by atoms with van der Waals surface area (Å²) in [4.78, 5) is 4.78. The highest BCUT2D eigenvalue weighted by molar-refractivity contribution is 7.37. The maximum atomic E-state index is 7.19. The number of hydrogen-bond donors (Lipinski definition) is 0.